The third-order valence-electron chi connectivity index (χ3n) is 4.66. The van der Waals surface area contributed by atoms with Crippen molar-refractivity contribution in [1.29, 1.82) is 0 Å². The van der Waals surface area contributed by atoms with Gasteiger partial charge in [-0.25, -0.2) is 13.2 Å². The molecule has 0 unspecified atom stereocenters. The van der Waals surface area contributed by atoms with E-state index in [0.717, 1.165) is 0 Å². The number of quaternary nitrogens is 1. The van der Waals surface area contributed by atoms with Gasteiger partial charge in [-0.3, -0.25) is 0 Å². The Morgan fingerprint density at radius 3 is 2.63 bits per heavy atom. The molecule has 1 saturated heterocycles. The van der Waals surface area contributed by atoms with E-state index in [9.17, 15) is 13.2 Å². The van der Waals surface area contributed by atoms with Crippen molar-refractivity contribution in [2.75, 3.05) is 33.3 Å². The summed E-state index contributed by atoms with van der Waals surface area (Å²) in [4.78, 5) is 13.1. The Labute approximate surface area is 163 Å². The van der Waals surface area contributed by atoms with Crippen molar-refractivity contribution in [2.45, 2.75) is 18.4 Å². The van der Waals surface area contributed by atoms with Crippen LogP contribution in [-0.2, 0) is 21.3 Å². The lowest BCUT2D eigenvalue weighted by atomic mass is 10.2. The predicted octanol–water partition coefficient (Wildman–Crippen LogP) is 1.12. The highest BCUT2D eigenvalue weighted by molar-refractivity contribution is 7.89. The van der Waals surface area contributed by atoms with Gasteiger partial charge in [-0.1, -0.05) is 17.7 Å². The number of hydrogen-bond donors (Lipinski definition) is 1. The summed E-state index contributed by atoms with van der Waals surface area (Å²) in [6.07, 6.45) is 0. The van der Waals surface area contributed by atoms with Crippen molar-refractivity contribution in [3.8, 4) is 0 Å². The number of furan rings is 1. The van der Waals surface area contributed by atoms with Gasteiger partial charge in [0.25, 0.3) is 0 Å². The molecule has 0 amide bonds. The first kappa shape index (κ1) is 19.9. The lowest BCUT2D eigenvalue weighted by molar-refractivity contribution is -0.918. The van der Waals surface area contributed by atoms with Crippen LogP contribution in [0.2, 0.25) is 5.02 Å². The molecule has 1 aromatic carbocycles. The van der Waals surface area contributed by atoms with Crippen molar-refractivity contribution in [3.05, 3.63) is 52.4 Å². The van der Waals surface area contributed by atoms with E-state index < -0.39 is 16.0 Å². The number of halogens is 1. The number of esters is 1. The third-order valence-corrected chi connectivity index (χ3v) is 6.79. The fraction of sp³-hybridized carbons (Fsp3) is 0.389. The molecule has 0 saturated carbocycles. The molecule has 27 heavy (non-hydrogen) atoms. The van der Waals surface area contributed by atoms with E-state index >= 15 is 0 Å². The van der Waals surface area contributed by atoms with E-state index in [1.54, 1.807) is 31.2 Å². The van der Waals surface area contributed by atoms with Crippen LogP contribution < -0.4 is 4.90 Å². The summed E-state index contributed by atoms with van der Waals surface area (Å²) in [7, 11) is -2.21. The van der Waals surface area contributed by atoms with Crippen LogP contribution in [0.1, 0.15) is 21.9 Å². The number of benzene rings is 1. The maximum absolute atomic E-state index is 12.7. The molecular weight excluding hydrogens is 392 g/mol. The molecule has 146 valence electrons. The van der Waals surface area contributed by atoms with E-state index in [2.05, 4.69) is 0 Å². The molecule has 1 aliphatic heterocycles. The van der Waals surface area contributed by atoms with Crippen molar-refractivity contribution in [1.82, 2.24) is 4.31 Å². The highest BCUT2D eigenvalue weighted by atomic mass is 35.5. The minimum Gasteiger partial charge on any atom is -0.465 e. The van der Waals surface area contributed by atoms with Gasteiger partial charge in [0.2, 0.25) is 10.0 Å². The lowest BCUT2D eigenvalue weighted by Gasteiger charge is -2.31. The molecule has 2 aromatic rings. The Balaban J connectivity index is 1.63. The van der Waals surface area contributed by atoms with Crippen molar-refractivity contribution < 1.29 is 27.3 Å². The summed E-state index contributed by atoms with van der Waals surface area (Å²) in [5.74, 6) is 0.794. The topological polar surface area (TPSA) is 81.3 Å². The summed E-state index contributed by atoms with van der Waals surface area (Å²) in [6, 6.07) is 8.01. The zero-order chi connectivity index (χ0) is 19.6. The van der Waals surface area contributed by atoms with Crippen LogP contribution in [0.4, 0.5) is 0 Å². The van der Waals surface area contributed by atoms with E-state index in [4.69, 9.17) is 20.8 Å². The minimum atomic E-state index is -3.55. The number of aryl methyl sites for hydroxylation is 1. The van der Waals surface area contributed by atoms with E-state index in [1.165, 1.54) is 22.4 Å². The monoisotopic (exact) mass is 413 g/mol. The molecule has 0 bridgehead atoms. The highest BCUT2D eigenvalue weighted by Gasteiger charge is 2.31. The molecule has 7 nitrogen and oxygen atoms in total. The van der Waals surface area contributed by atoms with Crippen LogP contribution in [0.25, 0.3) is 0 Å². The average molecular weight is 414 g/mol. The standard InChI is InChI=1S/C18H21ClN2O5S/c1-13-17(18(22)25-2)11-15(26-13)12-20-6-8-21(9-7-20)27(23,24)16-5-3-4-14(19)10-16/h3-5,10-11H,6-9,12H2,1-2H3/p+1. The number of nitrogens with one attached hydrogen (secondary N) is 1. The fourth-order valence-corrected chi connectivity index (χ4v) is 4.93. The molecule has 9 heteroatoms. The zero-order valence-electron chi connectivity index (χ0n) is 15.2. The summed E-state index contributed by atoms with van der Waals surface area (Å²) in [5.41, 5.74) is 0.425. The Morgan fingerprint density at radius 1 is 1.30 bits per heavy atom. The van der Waals surface area contributed by atoms with Crippen LogP contribution in [0.3, 0.4) is 0 Å². The van der Waals surface area contributed by atoms with E-state index in [1.807, 2.05) is 0 Å². The maximum atomic E-state index is 12.7. The molecule has 3 rings (SSSR count). The largest absolute Gasteiger partial charge is 0.465 e. The number of ether oxygens (including phenoxy) is 1. The first-order chi connectivity index (χ1) is 12.8. The Kier molecular flexibility index (Phi) is 5.90. The van der Waals surface area contributed by atoms with Gasteiger partial charge in [-0.15, -0.1) is 0 Å². The lowest BCUT2D eigenvalue weighted by Crippen LogP contribution is -3.13. The number of methoxy groups -OCH3 is 1. The molecule has 1 aliphatic rings. The molecule has 0 atom stereocenters. The predicted molar refractivity (Wildman–Crippen MR) is 99.4 cm³/mol. The molecule has 0 aliphatic carbocycles. The third kappa shape index (κ3) is 4.35. The smallest absolute Gasteiger partial charge is 0.341 e. The SMILES string of the molecule is COC(=O)c1cc(C[NH+]2CCN(S(=O)(=O)c3cccc(Cl)c3)CC2)oc1C. The summed E-state index contributed by atoms with van der Waals surface area (Å²) in [5, 5.41) is 0.398. The second-order valence-electron chi connectivity index (χ2n) is 6.46. The molecule has 1 N–H and O–H groups in total. The number of carbonyl (C=O) groups is 1. The fourth-order valence-electron chi connectivity index (χ4n) is 3.19. The highest BCUT2D eigenvalue weighted by Crippen LogP contribution is 2.20. The summed E-state index contributed by atoms with van der Waals surface area (Å²) in [6.45, 7) is 4.42. The Bertz CT molecular complexity index is 933. The van der Waals surface area contributed by atoms with E-state index in [0.29, 0.717) is 54.8 Å². The van der Waals surface area contributed by atoms with Gasteiger partial charge in [-0.2, -0.15) is 4.31 Å². The summed E-state index contributed by atoms with van der Waals surface area (Å²) >= 11 is 5.92. The number of piperazine rings is 1. The number of rotatable bonds is 5. The molecule has 2 heterocycles. The zero-order valence-corrected chi connectivity index (χ0v) is 16.8. The number of hydrogen-bond acceptors (Lipinski definition) is 5. The van der Waals surface area contributed by atoms with Gasteiger partial charge in [0.05, 0.1) is 38.2 Å². The first-order valence-corrected chi connectivity index (χ1v) is 10.4. The average Bonchev–Trinajstić information content (AvgIpc) is 3.01. The Hall–Kier alpha value is -1.87. The number of sulfonamides is 1. The molecular formula is C18H22ClN2O5S+. The quantitative estimate of drug-likeness (QED) is 0.743. The Morgan fingerprint density at radius 2 is 2.00 bits per heavy atom. The normalized spacial score (nSPS) is 16.4. The minimum absolute atomic E-state index is 0.211. The number of carbonyl (C=O) groups excluding carboxylic acids is 1. The van der Waals surface area contributed by atoms with Gasteiger partial charge in [0, 0.05) is 11.1 Å². The second-order valence-corrected chi connectivity index (χ2v) is 8.84. The van der Waals surface area contributed by atoms with Gasteiger partial charge < -0.3 is 14.1 Å². The van der Waals surface area contributed by atoms with Gasteiger partial charge in [-0.05, 0) is 25.1 Å². The summed E-state index contributed by atoms with van der Waals surface area (Å²) < 4.78 is 37.4. The molecule has 1 fully saturated rings. The van der Waals surface area contributed by atoms with Crippen molar-refractivity contribution in [3.63, 3.8) is 0 Å². The van der Waals surface area contributed by atoms with Crippen molar-refractivity contribution >= 4 is 27.6 Å². The first-order valence-electron chi connectivity index (χ1n) is 8.58. The van der Waals surface area contributed by atoms with Crippen LogP contribution in [0.15, 0.2) is 39.6 Å². The van der Waals surface area contributed by atoms with Gasteiger partial charge >= 0.3 is 5.97 Å². The molecule has 0 radical (unpaired) electrons. The second kappa shape index (κ2) is 8.02. The number of nitrogens with zero attached hydrogens (tertiary/aromatic N) is 1. The molecule has 0 spiro atoms. The van der Waals surface area contributed by atoms with Gasteiger partial charge in [0.15, 0.2) is 5.76 Å². The molecule has 1 aromatic heterocycles. The van der Waals surface area contributed by atoms with Crippen LogP contribution >= 0.6 is 11.6 Å². The van der Waals surface area contributed by atoms with Crippen LogP contribution in [0.5, 0.6) is 0 Å². The van der Waals surface area contributed by atoms with E-state index in [-0.39, 0.29) is 4.90 Å². The van der Waals surface area contributed by atoms with Gasteiger partial charge in [0.1, 0.15) is 17.9 Å². The van der Waals surface area contributed by atoms with Crippen molar-refractivity contribution in [2.24, 2.45) is 0 Å². The van der Waals surface area contributed by atoms with Crippen LogP contribution in [-0.4, -0.2) is 52.0 Å². The van der Waals surface area contributed by atoms with Crippen LogP contribution in [0, 0.1) is 6.92 Å². The maximum Gasteiger partial charge on any atom is 0.341 e.